The van der Waals surface area contributed by atoms with Crippen LogP contribution in [-0.4, -0.2) is 37.6 Å². The number of ether oxygens (including phenoxy) is 1. The molecule has 0 saturated heterocycles. The number of carbonyl (C=O) groups excluding carboxylic acids is 2. The number of nitro groups is 1. The van der Waals surface area contributed by atoms with Crippen molar-refractivity contribution in [3.63, 3.8) is 0 Å². The molecular formula is C23H26N4O5. The Labute approximate surface area is 185 Å². The van der Waals surface area contributed by atoms with Crippen LogP contribution >= 0.6 is 0 Å². The molecule has 2 heterocycles. The molecule has 0 saturated carbocycles. The molecular weight excluding hydrogens is 412 g/mol. The molecule has 0 radical (unpaired) electrons. The van der Waals surface area contributed by atoms with Gasteiger partial charge in [0.15, 0.2) is 6.61 Å². The van der Waals surface area contributed by atoms with Crippen molar-refractivity contribution in [2.45, 2.75) is 48.1 Å². The lowest BCUT2D eigenvalue weighted by molar-refractivity contribution is -0.386. The molecule has 1 aromatic carbocycles. The van der Waals surface area contributed by atoms with Crippen LogP contribution in [0.1, 0.15) is 44.3 Å². The number of Topliss-reactive ketones (excluding diaryl/α,β-unsaturated/α-hetero) is 1. The van der Waals surface area contributed by atoms with Gasteiger partial charge in [-0.25, -0.2) is 0 Å². The van der Waals surface area contributed by atoms with Crippen molar-refractivity contribution in [1.29, 1.82) is 0 Å². The Balaban J connectivity index is 1.72. The van der Waals surface area contributed by atoms with E-state index in [0.29, 0.717) is 5.56 Å². The van der Waals surface area contributed by atoms with E-state index in [1.807, 2.05) is 44.4 Å². The van der Waals surface area contributed by atoms with Crippen molar-refractivity contribution in [3.05, 3.63) is 73.8 Å². The zero-order valence-corrected chi connectivity index (χ0v) is 19.1. The van der Waals surface area contributed by atoms with Gasteiger partial charge in [0.1, 0.15) is 17.9 Å². The number of hydrogen-bond donors (Lipinski definition) is 0. The highest BCUT2D eigenvalue weighted by Gasteiger charge is 2.24. The summed E-state index contributed by atoms with van der Waals surface area (Å²) in [4.78, 5) is 35.5. The maximum Gasteiger partial charge on any atom is 0.328 e. The first-order chi connectivity index (χ1) is 15.0. The van der Waals surface area contributed by atoms with Crippen molar-refractivity contribution in [1.82, 2.24) is 14.3 Å². The van der Waals surface area contributed by atoms with Gasteiger partial charge in [-0.05, 0) is 70.9 Å². The molecule has 2 aromatic heterocycles. The van der Waals surface area contributed by atoms with Crippen LogP contribution in [0.5, 0.6) is 0 Å². The monoisotopic (exact) mass is 438 g/mol. The maximum absolute atomic E-state index is 12.8. The van der Waals surface area contributed by atoms with Gasteiger partial charge in [-0.3, -0.25) is 24.4 Å². The number of aryl methyl sites for hydroxylation is 4. The Kier molecular flexibility index (Phi) is 6.29. The average Bonchev–Trinajstić information content (AvgIpc) is 3.16. The highest BCUT2D eigenvalue weighted by atomic mass is 16.6. The van der Waals surface area contributed by atoms with Gasteiger partial charge in [-0.15, -0.1) is 0 Å². The van der Waals surface area contributed by atoms with Gasteiger partial charge in [0.2, 0.25) is 5.78 Å². The maximum atomic E-state index is 12.8. The topological polar surface area (TPSA) is 109 Å². The Hall–Kier alpha value is -3.75. The second-order valence-electron chi connectivity index (χ2n) is 7.91. The Morgan fingerprint density at radius 1 is 1.03 bits per heavy atom. The fourth-order valence-corrected chi connectivity index (χ4v) is 3.80. The Bertz CT molecular complexity index is 1240. The van der Waals surface area contributed by atoms with Crippen LogP contribution in [0.25, 0.3) is 5.69 Å². The third-order valence-corrected chi connectivity index (χ3v) is 5.65. The quantitative estimate of drug-likeness (QED) is 0.240. The molecule has 0 bridgehead atoms. The van der Waals surface area contributed by atoms with E-state index in [9.17, 15) is 19.7 Å². The molecule has 0 fully saturated rings. The van der Waals surface area contributed by atoms with Crippen LogP contribution in [-0.2, 0) is 16.1 Å². The molecule has 0 atom stereocenters. The average molecular weight is 438 g/mol. The lowest BCUT2D eigenvalue weighted by atomic mass is 10.1. The second kappa shape index (κ2) is 8.78. The first kappa shape index (κ1) is 22.9. The lowest BCUT2D eigenvalue weighted by Crippen LogP contribution is -2.20. The minimum Gasteiger partial charge on any atom is -0.456 e. The SMILES string of the molecule is Cc1ccc(-n2c(C)cc(C(=O)COC(=O)Cn3nc(C)c([N+](=O)[O-])c3C)c2C)cc1C. The van der Waals surface area contributed by atoms with E-state index in [0.717, 1.165) is 22.6 Å². The normalized spacial score (nSPS) is 10.9. The predicted octanol–water partition coefficient (Wildman–Crippen LogP) is 3.86. The summed E-state index contributed by atoms with van der Waals surface area (Å²) >= 11 is 0. The molecule has 0 N–H and O–H groups in total. The number of rotatable bonds is 7. The molecule has 168 valence electrons. The third-order valence-electron chi connectivity index (χ3n) is 5.65. The summed E-state index contributed by atoms with van der Waals surface area (Å²) in [6.45, 7) is 10.1. The first-order valence-corrected chi connectivity index (χ1v) is 10.1. The third kappa shape index (κ3) is 4.32. The van der Waals surface area contributed by atoms with E-state index in [1.54, 1.807) is 6.07 Å². The second-order valence-corrected chi connectivity index (χ2v) is 7.91. The number of ketones is 1. The fraction of sp³-hybridized carbons (Fsp3) is 0.348. The van der Waals surface area contributed by atoms with Gasteiger partial charge in [0.05, 0.1) is 4.92 Å². The molecule has 0 amide bonds. The molecule has 0 aliphatic carbocycles. The van der Waals surface area contributed by atoms with Crippen molar-refractivity contribution >= 4 is 17.4 Å². The molecule has 0 unspecified atom stereocenters. The molecule has 9 heteroatoms. The lowest BCUT2D eigenvalue weighted by Gasteiger charge is -2.12. The molecule has 9 nitrogen and oxygen atoms in total. The largest absolute Gasteiger partial charge is 0.456 e. The molecule has 0 aliphatic heterocycles. The van der Waals surface area contributed by atoms with E-state index >= 15 is 0 Å². The number of benzene rings is 1. The van der Waals surface area contributed by atoms with E-state index in [1.165, 1.54) is 24.1 Å². The number of nitrogens with zero attached hydrogens (tertiary/aromatic N) is 4. The molecule has 0 spiro atoms. The van der Waals surface area contributed by atoms with Crippen LogP contribution in [0.4, 0.5) is 5.69 Å². The Morgan fingerprint density at radius 3 is 2.31 bits per heavy atom. The molecule has 3 aromatic rings. The van der Waals surface area contributed by atoms with Crippen LogP contribution in [0.15, 0.2) is 24.3 Å². The summed E-state index contributed by atoms with van der Waals surface area (Å²) in [5.74, 6) is -1.01. The predicted molar refractivity (Wildman–Crippen MR) is 118 cm³/mol. The van der Waals surface area contributed by atoms with Crippen molar-refractivity contribution in [3.8, 4) is 5.69 Å². The highest BCUT2D eigenvalue weighted by molar-refractivity contribution is 5.99. The number of esters is 1. The van der Waals surface area contributed by atoms with Crippen molar-refractivity contribution in [2.75, 3.05) is 6.61 Å². The fourth-order valence-electron chi connectivity index (χ4n) is 3.80. The number of carbonyl (C=O) groups is 2. The number of hydrogen-bond acceptors (Lipinski definition) is 6. The summed E-state index contributed by atoms with van der Waals surface area (Å²) in [5, 5.41) is 15.1. The van der Waals surface area contributed by atoms with Gasteiger partial charge in [0.25, 0.3) is 0 Å². The summed E-state index contributed by atoms with van der Waals surface area (Å²) in [5.41, 5.74) is 5.79. The highest BCUT2D eigenvalue weighted by Crippen LogP contribution is 2.24. The van der Waals surface area contributed by atoms with Gasteiger partial charge in [-0.1, -0.05) is 6.07 Å². The van der Waals surface area contributed by atoms with Crippen LogP contribution in [0.3, 0.4) is 0 Å². The van der Waals surface area contributed by atoms with Crippen molar-refractivity contribution < 1.29 is 19.2 Å². The Morgan fingerprint density at radius 2 is 1.72 bits per heavy atom. The minimum absolute atomic E-state index is 0.132. The van der Waals surface area contributed by atoms with E-state index in [-0.39, 0.29) is 29.4 Å². The molecule has 3 rings (SSSR count). The summed E-state index contributed by atoms with van der Waals surface area (Å²) in [6, 6.07) is 7.89. The van der Waals surface area contributed by atoms with Crippen LogP contribution in [0.2, 0.25) is 0 Å². The summed E-state index contributed by atoms with van der Waals surface area (Å²) < 4.78 is 8.35. The molecule has 0 aliphatic rings. The van der Waals surface area contributed by atoms with Gasteiger partial charge >= 0.3 is 11.7 Å². The standard InChI is InChI=1S/C23H26N4O5/c1-13-7-8-19(9-14(13)2)26-15(3)10-20(17(26)5)21(28)12-32-22(29)11-25-18(6)23(27(30)31)16(4)24-25/h7-10H,11-12H2,1-6H3. The summed E-state index contributed by atoms with van der Waals surface area (Å²) in [6.07, 6.45) is 0. The minimum atomic E-state index is -0.693. The van der Waals surface area contributed by atoms with E-state index in [2.05, 4.69) is 11.2 Å². The zero-order valence-electron chi connectivity index (χ0n) is 19.1. The van der Waals surface area contributed by atoms with Crippen LogP contribution in [0, 0.1) is 51.7 Å². The number of aromatic nitrogens is 3. The van der Waals surface area contributed by atoms with Crippen LogP contribution < -0.4 is 0 Å². The van der Waals surface area contributed by atoms with E-state index < -0.39 is 17.5 Å². The summed E-state index contributed by atoms with van der Waals surface area (Å²) in [7, 11) is 0. The zero-order chi connectivity index (χ0) is 23.7. The van der Waals surface area contributed by atoms with E-state index in [4.69, 9.17) is 4.74 Å². The van der Waals surface area contributed by atoms with Gasteiger partial charge < -0.3 is 9.30 Å². The molecule has 32 heavy (non-hydrogen) atoms. The smallest absolute Gasteiger partial charge is 0.328 e. The van der Waals surface area contributed by atoms with Crippen molar-refractivity contribution in [2.24, 2.45) is 0 Å². The first-order valence-electron chi connectivity index (χ1n) is 10.1. The van der Waals surface area contributed by atoms with Gasteiger partial charge in [0, 0.05) is 22.6 Å². The van der Waals surface area contributed by atoms with Gasteiger partial charge in [-0.2, -0.15) is 5.10 Å².